The summed E-state index contributed by atoms with van der Waals surface area (Å²) in [5, 5.41) is 3.06. The number of esters is 1. The van der Waals surface area contributed by atoms with Crippen molar-refractivity contribution in [2.75, 3.05) is 11.9 Å². The zero-order valence-electron chi connectivity index (χ0n) is 12.5. The van der Waals surface area contributed by atoms with E-state index >= 15 is 0 Å². The van der Waals surface area contributed by atoms with Crippen LogP contribution >= 0.6 is 11.6 Å². The predicted octanol–water partition coefficient (Wildman–Crippen LogP) is 3.14. The van der Waals surface area contributed by atoms with Crippen molar-refractivity contribution in [1.29, 1.82) is 0 Å². The highest BCUT2D eigenvalue weighted by molar-refractivity contribution is 6.21. The second kappa shape index (κ2) is 6.95. The highest BCUT2D eigenvalue weighted by Crippen LogP contribution is 2.25. The average molecular weight is 299 g/mol. The van der Waals surface area contributed by atoms with Crippen LogP contribution in [0.5, 0.6) is 0 Å². The maximum atomic E-state index is 12.4. The molecule has 0 fully saturated rings. The lowest BCUT2D eigenvalue weighted by atomic mass is 10.0. The Morgan fingerprint density at radius 2 is 2.10 bits per heavy atom. The maximum absolute atomic E-state index is 12.4. The minimum Gasteiger partial charge on any atom is -0.456 e. The van der Waals surface area contributed by atoms with Gasteiger partial charge in [-0.2, -0.15) is 0 Å². The number of benzene rings is 1. The van der Waals surface area contributed by atoms with E-state index in [4.69, 9.17) is 22.1 Å². The largest absolute Gasteiger partial charge is 0.456 e. The molecule has 20 heavy (non-hydrogen) atoms. The molecule has 0 amide bonds. The number of hydrogen-bond donors (Lipinski definition) is 2. The zero-order chi connectivity index (χ0) is 15.3. The van der Waals surface area contributed by atoms with Crippen LogP contribution in [0.25, 0.3) is 0 Å². The number of carbonyl (C=O) groups is 1. The van der Waals surface area contributed by atoms with Gasteiger partial charge in [0.05, 0.1) is 16.8 Å². The summed E-state index contributed by atoms with van der Waals surface area (Å²) in [5.41, 5.74) is 6.83. The summed E-state index contributed by atoms with van der Waals surface area (Å²) in [6, 6.07) is 5.58. The standard InChI is InChI=1S/C15H23ClN2O2/c1-10(16)18-12-7-5-6-11(8-9-17)13(12)14(19)20-15(2,3)4/h5-7,10,18H,8-9,17H2,1-4H3. The topological polar surface area (TPSA) is 64.3 Å². The Labute approximate surface area is 125 Å². The van der Waals surface area contributed by atoms with E-state index in [1.807, 2.05) is 39.0 Å². The first-order valence-electron chi connectivity index (χ1n) is 6.70. The molecule has 0 aliphatic rings. The second-order valence-electron chi connectivity index (χ2n) is 5.64. The fourth-order valence-corrected chi connectivity index (χ4v) is 1.99. The molecule has 0 radical (unpaired) electrons. The molecule has 0 spiro atoms. The Morgan fingerprint density at radius 1 is 1.45 bits per heavy atom. The minimum absolute atomic E-state index is 0.288. The summed E-state index contributed by atoms with van der Waals surface area (Å²) >= 11 is 5.96. The third-order valence-electron chi connectivity index (χ3n) is 2.52. The van der Waals surface area contributed by atoms with Gasteiger partial charge in [-0.15, -0.1) is 0 Å². The Hall–Kier alpha value is -1.26. The second-order valence-corrected chi connectivity index (χ2v) is 6.30. The summed E-state index contributed by atoms with van der Waals surface area (Å²) < 4.78 is 5.47. The molecule has 0 bridgehead atoms. The SMILES string of the molecule is CC(Cl)Nc1cccc(CCN)c1C(=O)OC(C)(C)C. The molecule has 4 nitrogen and oxygen atoms in total. The van der Waals surface area contributed by atoms with Crippen LogP contribution < -0.4 is 11.1 Å². The summed E-state index contributed by atoms with van der Waals surface area (Å²) in [6.45, 7) is 7.79. The van der Waals surface area contributed by atoms with Crippen LogP contribution in [0.4, 0.5) is 5.69 Å². The molecule has 0 aliphatic heterocycles. The van der Waals surface area contributed by atoms with Crippen LogP contribution in [0.1, 0.15) is 43.6 Å². The van der Waals surface area contributed by atoms with Gasteiger partial charge in [0.15, 0.2) is 0 Å². The van der Waals surface area contributed by atoms with Gasteiger partial charge >= 0.3 is 5.97 Å². The minimum atomic E-state index is -0.545. The Balaban J connectivity index is 3.19. The fraction of sp³-hybridized carbons (Fsp3) is 0.533. The van der Waals surface area contributed by atoms with Crippen LogP contribution in [0, 0.1) is 0 Å². The molecule has 0 saturated carbocycles. The van der Waals surface area contributed by atoms with E-state index in [1.54, 1.807) is 6.92 Å². The Morgan fingerprint density at radius 3 is 2.60 bits per heavy atom. The van der Waals surface area contributed by atoms with Gasteiger partial charge < -0.3 is 15.8 Å². The van der Waals surface area contributed by atoms with Crippen molar-refractivity contribution in [3.05, 3.63) is 29.3 Å². The van der Waals surface area contributed by atoms with Crippen molar-refractivity contribution >= 4 is 23.3 Å². The molecular weight excluding hydrogens is 276 g/mol. The highest BCUT2D eigenvalue weighted by atomic mass is 35.5. The van der Waals surface area contributed by atoms with Crippen molar-refractivity contribution in [3.63, 3.8) is 0 Å². The quantitative estimate of drug-likeness (QED) is 0.498. The number of halogens is 1. The monoisotopic (exact) mass is 298 g/mol. The third kappa shape index (κ3) is 5.02. The van der Waals surface area contributed by atoms with E-state index in [0.717, 1.165) is 5.56 Å². The van der Waals surface area contributed by atoms with Gasteiger partial charge in [0.25, 0.3) is 0 Å². The number of nitrogens with one attached hydrogen (secondary N) is 1. The number of alkyl halides is 1. The number of hydrogen-bond acceptors (Lipinski definition) is 4. The van der Waals surface area contributed by atoms with Crippen LogP contribution in [0.3, 0.4) is 0 Å². The smallest absolute Gasteiger partial charge is 0.341 e. The summed E-state index contributed by atoms with van der Waals surface area (Å²) in [4.78, 5) is 12.4. The van der Waals surface area contributed by atoms with Crippen molar-refractivity contribution in [2.24, 2.45) is 5.73 Å². The fourth-order valence-electron chi connectivity index (χ4n) is 1.87. The van der Waals surface area contributed by atoms with E-state index < -0.39 is 5.60 Å². The molecule has 1 unspecified atom stereocenters. The number of anilines is 1. The number of carbonyl (C=O) groups excluding carboxylic acids is 1. The molecule has 1 atom stereocenters. The molecule has 5 heteroatoms. The number of rotatable bonds is 5. The van der Waals surface area contributed by atoms with Crippen LogP contribution in [0.2, 0.25) is 0 Å². The van der Waals surface area contributed by atoms with E-state index in [0.29, 0.717) is 24.2 Å². The summed E-state index contributed by atoms with van der Waals surface area (Å²) in [6.07, 6.45) is 0.612. The van der Waals surface area contributed by atoms with Crippen LogP contribution in [-0.2, 0) is 11.2 Å². The molecule has 0 aliphatic carbocycles. The highest BCUT2D eigenvalue weighted by Gasteiger charge is 2.23. The van der Waals surface area contributed by atoms with Crippen molar-refractivity contribution in [3.8, 4) is 0 Å². The van der Waals surface area contributed by atoms with Crippen LogP contribution in [-0.4, -0.2) is 23.6 Å². The molecule has 0 saturated heterocycles. The van der Waals surface area contributed by atoms with Gasteiger partial charge in [-0.05, 0) is 52.3 Å². The first-order valence-corrected chi connectivity index (χ1v) is 7.14. The van der Waals surface area contributed by atoms with E-state index in [2.05, 4.69) is 5.32 Å². The van der Waals surface area contributed by atoms with Crippen molar-refractivity contribution < 1.29 is 9.53 Å². The van der Waals surface area contributed by atoms with Crippen molar-refractivity contribution in [1.82, 2.24) is 0 Å². The van der Waals surface area contributed by atoms with Gasteiger partial charge in [-0.1, -0.05) is 23.7 Å². The molecule has 1 aromatic carbocycles. The Bertz CT molecular complexity index is 467. The van der Waals surface area contributed by atoms with Crippen LogP contribution in [0.15, 0.2) is 18.2 Å². The summed E-state index contributed by atoms with van der Waals surface area (Å²) in [7, 11) is 0. The number of ether oxygens (including phenoxy) is 1. The average Bonchev–Trinajstić information content (AvgIpc) is 2.26. The lowest BCUT2D eigenvalue weighted by molar-refractivity contribution is 0.00696. The summed E-state index contributed by atoms with van der Waals surface area (Å²) in [5.74, 6) is -0.360. The van der Waals surface area contributed by atoms with Gasteiger partial charge in [0, 0.05) is 0 Å². The molecule has 1 aromatic rings. The molecule has 1 rings (SSSR count). The lowest BCUT2D eigenvalue weighted by Gasteiger charge is -2.22. The lowest BCUT2D eigenvalue weighted by Crippen LogP contribution is -2.26. The normalized spacial score (nSPS) is 12.9. The first kappa shape index (κ1) is 16.8. The van der Waals surface area contributed by atoms with Gasteiger partial charge in [0.2, 0.25) is 0 Å². The molecule has 0 aromatic heterocycles. The van der Waals surface area contributed by atoms with Gasteiger partial charge in [0.1, 0.15) is 5.60 Å². The van der Waals surface area contributed by atoms with E-state index in [1.165, 1.54) is 0 Å². The van der Waals surface area contributed by atoms with Gasteiger partial charge in [-0.25, -0.2) is 4.79 Å². The zero-order valence-corrected chi connectivity index (χ0v) is 13.3. The third-order valence-corrected chi connectivity index (χ3v) is 2.63. The van der Waals surface area contributed by atoms with Crippen molar-refractivity contribution in [2.45, 2.75) is 45.2 Å². The maximum Gasteiger partial charge on any atom is 0.341 e. The molecule has 0 heterocycles. The number of nitrogens with two attached hydrogens (primary N) is 1. The Kier molecular flexibility index (Phi) is 5.84. The van der Waals surface area contributed by atoms with Gasteiger partial charge in [-0.3, -0.25) is 0 Å². The van der Waals surface area contributed by atoms with E-state index in [9.17, 15) is 4.79 Å². The van der Waals surface area contributed by atoms with E-state index in [-0.39, 0.29) is 11.5 Å². The predicted molar refractivity (Wildman–Crippen MR) is 83.3 cm³/mol. The molecule has 112 valence electrons. The first-order chi connectivity index (χ1) is 9.24. The molecule has 3 N–H and O–H groups in total. The molecular formula is C15H23ClN2O2.